The van der Waals surface area contributed by atoms with E-state index in [0.717, 1.165) is 9.99 Å². The van der Waals surface area contributed by atoms with Gasteiger partial charge in [0.25, 0.3) is 0 Å². The summed E-state index contributed by atoms with van der Waals surface area (Å²) in [4.78, 5) is 3.17. The molecule has 0 aliphatic heterocycles. The predicted octanol–water partition coefficient (Wildman–Crippen LogP) is 1.93. The number of halogens is 1. The summed E-state index contributed by atoms with van der Waals surface area (Å²) in [6.45, 7) is 1.43. The Labute approximate surface area is 120 Å². The third-order valence-corrected chi connectivity index (χ3v) is 5.84. The molecule has 0 unspecified atom stereocenters. The third kappa shape index (κ3) is 2.43. The molecule has 0 aliphatic rings. The lowest BCUT2D eigenvalue weighted by Crippen LogP contribution is -2.37. The number of hydrogen-bond donors (Lipinski definition) is 2. The van der Waals surface area contributed by atoms with Gasteiger partial charge in [-0.1, -0.05) is 12.1 Å². The van der Waals surface area contributed by atoms with Gasteiger partial charge in [-0.2, -0.15) is 4.31 Å². The highest BCUT2D eigenvalue weighted by molar-refractivity contribution is 9.10. The topological polar surface area (TPSA) is 73.4 Å². The molecule has 2 rings (SSSR count). The molecule has 1 aromatic carbocycles. The maximum absolute atomic E-state index is 12.5. The number of fused-ring (bicyclic) bond motifs is 1. The molecule has 1 heterocycles. The van der Waals surface area contributed by atoms with Crippen LogP contribution in [-0.4, -0.2) is 42.5 Å². The fraction of sp³-hybridized carbons (Fsp3) is 0.333. The van der Waals surface area contributed by atoms with Crippen LogP contribution >= 0.6 is 15.9 Å². The number of benzene rings is 1. The van der Waals surface area contributed by atoms with Crippen molar-refractivity contribution in [3.05, 3.63) is 28.9 Å². The molecule has 1 aromatic heterocycles. The van der Waals surface area contributed by atoms with Crippen molar-refractivity contribution in [1.82, 2.24) is 9.29 Å². The molecule has 2 aromatic rings. The molecule has 0 bridgehead atoms. The molecule has 0 fully saturated rings. The van der Waals surface area contributed by atoms with Gasteiger partial charge in [0.05, 0.1) is 12.1 Å². The van der Waals surface area contributed by atoms with Gasteiger partial charge in [0.15, 0.2) is 0 Å². The number of aliphatic hydroxyl groups is 1. The second-order valence-electron chi connectivity index (χ2n) is 4.37. The standard InChI is InChI=1S/C12H15BrN2O3S/c1-8(7-16)15(2)19(17,18)11-6-14-12-9(11)4-3-5-10(12)13/h3-6,8,14,16H,7H2,1-2H3/t8-/m1/s1. The second-order valence-corrected chi connectivity index (χ2v) is 7.19. The van der Waals surface area contributed by atoms with Crippen LogP contribution in [0.3, 0.4) is 0 Å². The molecule has 0 radical (unpaired) electrons. The minimum absolute atomic E-state index is 0.214. The zero-order valence-corrected chi connectivity index (χ0v) is 13.0. The van der Waals surface area contributed by atoms with E-state index in [-0.39, 0.29) is 11.5 Å². The molecule has 0 amide bonds. The van der Waals surface area contributed by atoms with Gasteiger partial charge in [-0.15, -0.1) is 0 Å². The molecule has 2 N–H and O–H groups in total. The lowest BCUT2D eigenvalue weighted by molar-refractivity contribution is 0.214. The Morgan fingerprint density at radius 3 is 2.79 bits per heavy atom. The number of aromatic amines is 1. The Balaban J connectivity index is 2.59. The van der Waals surface area contributed by atoms with Gasteiger partial charge >= 0.3 is 0 Å². The van der Waals surface area contributed by atoms with E-state index in [1.54, 1.807) is 19.1 Å². The van der Waals surface area contributed by atoms with Crippen LogP contribution in [0.4, 0.5) is 0 Å². The average Bonchev–Trinajstić information content (AvgIpc) is 2.82. The predicted molar refractivity (Wildman–Crippen MR) is 77.5 cm³/mol. The van der Waals surface area contributed by atoms with Crippen molar-refractivity contribution in [3.8, 4) is 0 Å². The van der Waals surface area contributed by atoms with Crippen LogP contribution in [0.15, 0.2) is 33.8 Å². The first-order valence-electron chi connectivity index (χ1n) is 5.74. The van der Waals surface area contributed by atoms with Gasteiger partial charge in [0, 0.05) is 29.1 Å². The van der Waals surface area contributed by atoms with Gasteiger partial charge in [-0.25, -0.2) is 8.42 Å². The average molecular weight is 347 g/mol. The highest BCUT2D eigenvalue weighted by Gasteiger charge is 2.27. The highest BCUT2D eigenvalue weighted by Crippen LogP contribution is 2.30. The van der Waals surface area contributed by atoms with E-state index in [2.05, 4.69) is 20.9 Å². The van der Waals surface area contributed by atoms with Crippen LogP contribution in [0.1, 0.15) is 6.92 Å². The first kappa shape index (κ1) is 14.5. The van der Waals surface area contributed by atoms with Crippen molar-refractivity contribution in [2.24, 2.45) is 0 Å². The van der Waals surface area contributed by atoms with E-state index >= 15 is 0 Å². The summed E-state index contributed by atoms with van der Waals surface area (Å²) in [6.07, 6.45) is 1.48. The molecule has 7 heteroatoms. The van der Waals surface area contributed by atoms with Crippen LogP contribution in [0, 0.1) is 0 Å². The molecule has 1 atom stereocenters. The number of H-pyrrole nitrogens is 1. The number of aromatic nitrogens is 1. The van der Waals surface area contributed by atoms with Crippen LogP contribution < -0.4 is 0 Å². The van der Waals surface area contributed by atoms with E-state index in [0.29, 0.717) is 5.39 Å². The number of hydrogen-bond acceptors (Lipinski definition) is 3. The van der Waals surface area contributed by atoms with E-state index in [4.69, 9.17) is 5.11 Å². The number of aliphatic hydroxyl groups excluding tert-OH is 1. The van der Waals surface area contributed by atoms with Crippen LogP contribution in [-0.2, 0) is 10.0 Å². The normalized spacial score (nSPS) is 14.2. The third-order valence-electron chi connectivity index (χ3n) is 3.17. The van der Waals surface area contributed by atoms with Gasteiger partial charge < -0.3 is 10.1 Å². The zero-order valence-electron chi connectivity index (χ0n) is 10.6. The highest BCUT2D eigenvalue weighted by atomic mass is 79.9. The molecular weight excluding hydrogens is 332 g/mol. The van der Waals surface area contributed by atoms with Crippen molar-refractivity contribution in [3.63, 3.8) is 0 Å². The van der Waals surface area contributed by atoms with Crippen molar-refractivity contribution in [1.29, 1.82) is 0 Å². The number of rotatable bonds is 4. The second kappa shape index (κ2) is 5.24. The SMILES string of the molecule is C[C@H](CO)N(C)S(=O)(=O)c1c[nH]c2c(Br)cccc12. The molecule has 0 aliphatic carbocycles. The fourth-order valence-electron chi connectivity index (χ4n) is 1.81. The molecule has 0 saturated carbocycles. The summed E-state index contributed by atoms with van der Waals surface area (Å²) in [5, 5.41) is 9.73. The van der Waals surface area contributed by atoms with E-state index < -0.39 is 16.1 Å². The molecule has 19 heavy (non-hydrogen) atoms. The summed E-state index contributed by atoms with van der Waals surface area (Å²) in [5.41, 5.74) is 0.742. The van der Waals surface area contributed by atoms with Crippen molar-refractivity contribution >= 4 is 36.9 Å². The lowest BCUT2D eigenvalue weighted by Gasteiger charge is -2.22. The number of para-hydroxylation sites is 1. The molecular formula is C12H15BrN2O3S. The van der Waals surface area contributed by atoms with Crippen LogP contribution in [0.25, 0.3) is 10.9 Å². The molecule has 104 valence electrons. The summed E-state index contributed by atoms with van der Waals surface area (Å²) < 4.78 is 27.0. The summed E-state index contributed by atoms with van der Waals surface area (Å²) in [7, 11) is -2.16. The Hall–Kier alpha value is -0.890. The monoisotopic (exact) mass is 346 g/mol. The van der Waals surface area contributed by atoms with Crippen molar-refractivity contribution in [2.45, 2.75) is 17.9 Å². The van der Waals surface area contributed by atoms with Gasteiger partial charge in [-0.05, 0) is 28.9 Å². The Morgan fingerprint density at radius 1 is 1.47 bits per heavy atom. The first-order valence-corrected chi connectivity index (χ1v) is 7.97. The fourth-order valence-corrected chi connectivity index (χ4v) is 3.80. The summed E-state index contributed by atoms with van der Waals surface area (Å²) >= 11 is 3.38. The minimum atomic E-state index is -3.63. The van der Waals surface area contributed by atoms with Gasteiger partial charge in [0.2, 0.25) is 10.0 Å². The maximum atomic E-state index is 12.5. The quantitative estimate of drug-likeness (QED) is 0.888. The largest absolute Gasteiger partial charge is 0.395 e. The molecule has 0 saturated heterocycles. The Morgan fingerprint density at radius 2 is 2.16 bits per heavy atom. The maximum Gasteiger partial charge on any atom is 0.245 e. The van der Waals surface area contributed by atoms with Crippen molar-refractivity contribution < 1.29 is 13.5 Å². The first-order chi connectivity index (χ1) is 8.89. The minimum Gasteiger partial charge on any atom is -0.395 e. The van der Waals surface area contributed by atoms with Gasteiger partial charge in [0.1, 0.15) is 4.90 Å². The Kier molecular flexibility index (Phi) is 4.00. The number of likely N-dealkylation sites (N-methyl/N-ethyl adjacent to an activating group) is 1. The van der Waals surface area contributed by atoms with Crippen molar-refractivity contribution in [2.75, 3.05) is 13.7 Å². The van der Waals surface area contributed by atoms with E-state index in [1.807, 2.05) is 6.07 Å². The zero-order chi connectivity index (χ0) is 14.2. The smallest absolute Gasteiger partial charge is 0.245 e. The Bertz CT molecular complexity index is 696. The van der Waals surface area contributed by atoms with Crippen LogP contribution in [0.2, 0.25) is 0 Å². The lowest BCUT2D eigenvalue weighted by atomic mass is 10.2. The number of sulfonamides is 1. The summed E-state index contributed by atoms with van der Waals surface area (Å²) in [5.74, 6) is 0. The van der Waals surface area contributed by atoms with E-state index in [9.17, 15) is 8.42 Å². The molecule has 5 nitrogen and oxygen atoms in total. The van der Waals surface area contributed by atoms with Gasteiger partial charge in [-0.3, -0.25) is 0 Å². The number of nitrogens with zero attached hydrogens (tertiary/aromatic N) is 1. The molecule has 0 spiro atoms. The summed E-state index contributed by atoms with van der Waals surface area (Å²) in [6, 6.07) is 4.91. The van der Waals surface area contributed by atoms with Crippen LogP contribution in [0.5, 0.6) is 0 Å². The van der Waals surface area contributed by atoms with E-state index in [1.165, 1.54) is 17.5 Å². The number of nitrogens with one attached hydrogen (secondary N) is 1.